The van der Waals surface area contributed by atoms with E-state index in [1.54, 1.807) is 12.4 Å². The molecule has 2 aromatic carbocycles. The average Bonchev–Trinajstić information content (AvgIpc) is 3.86. The summed E-state index contributed by atoms with van der Waals surface area (Å²) in [5.41, 5.74) is 3.88. The smallest absolute Gasteiger partial charge is 0.263 e. The highest BCUT2D eigenvalue weighted by Gasteiger charge is 2.35. The molecule has 0 spiro atoms. The Labute approximate surface area is 323 Å². The third-order valence-electron chi connectivity index (χ3n) is 11.3. The first-order valence-electron chi connectivity index (χ1n) is 19.0. The molecule has 2 aliphatic rings. The number of ketones is 2. The van der Waals surface area contributed by atoms with E-state index in [0.29, 0.717) is 60.7 Å². The maximum absolute atomic E-state index is 12.9. The topological polar surface area (TPSA) is 168 Å². The van der Waals surface area contributed by atoms with Crippen molar-refractivity contribution in [3.05, 3.63) is 140 Å². The van der Waals surface area contributed by atoms with Gasteiger partial charge in [0.05, 0.1) is 13.1 Å². The fraction of sp³-hybridized carbons (Fsp3) is 0.318. The fourth-order valence-electron chi connectivity index (χ4n) is 7.43. The Bertz CT molecular complexity index is 2430. The van der Waals surface area contributed by atoms with Crippen molar-refractivity contribution in [3.8, 4) is 0 Å². The van der Waals surface area contributed by atoms with Gasteiger partial charge < -0.3 is 29.7 Å². The van der Waals surface area contributed by atoms with Crippen LogP contribution in [0, 0.1) is 23.7 Å². The molecule has 2 fully saturated rings. The third-order valence-corrected chi connectivity index (χ3v) is 11.3. The summed E-state index contributed by atoms with van der Waals surface area (Å²) in [7, 11) is 2.96. The van der Waals surface area contributed by atoms with Crippen LogP contribution in [0.2, 0.25) is 0 Å². The SMILES string of the molecule is CNC(=O)c1cc(C(=O)C[C@@H]2C[C@H]2C)cn(Cc2cccc3[nH]ccc23)c1=O.CNC(=O)c1cc(C(=O)C[C@H]2C[C@@H]2C)cn(Cc2cccc3[nH]ccc23)c1=O. The minimum absolute atomic E-state index is 0.00145. The van der Waals surface area contributed by atoms with Crippen molar-refractivity contribution in [2.45, 2.75) is 52.6 Å². The number of hydrogen-bond donors (Lipinski definition) is 4. The molecule has 2 aliphatic carbocycles. The molecule has 4 atom stereocenters. The van der Waals surface area contributed by atoms with E-state index < -0.39 is 22.9 Å². The lowest BCUT2D eigenvalue weighted by Gasteiger charge is -2.12. The molecule has 6 aromatic rings. The Balaban J connectivity index is 0.000000172. The maximum Gasteiger partial charge on any atom is 0.263 e. The largest absolute Gasteiger partial charge is 0.361 e. The summed E-state index contributed by atoms with van der Waals surface area (Å²) in [5.74, 6) is 0.955. The number of nitrogens with one attached hydrogen (secondary N) is 4. The van der Waals surface area contributed by atoms with Gasteiger partial charge in [-0.15, -0.1) is 0 Å². The van der Waals surface area contributed by atoms with E-state index in [4.69, 9.17) is 0 Å². The number of rotatable bonds is 12. The Morgan fingerprint density at radius 2 is 1.04 bits per heavy atom. The molecule has 8 rings (SSSR count). The van der Waals surface area contributed by atoms with Gasteiger partial charge >= 0.3 is 0 Å². The minimum atomic E-state index is -0.479. The van der Waals surface area contributed by atoms with Gasteiger partial charge in [0.15, 0.2) is 11.6 Å². The number of Topliss-reactive ketones (excluding diaryl/α,β-unsaturated/α-hetero) is 2. The van der Waals surface area contributed by atoms with Crippen LogP contribution in [0.25, 0.3) is 21.8 Å². The minimum Gasteiger partial charge on any atom is -0.361 e. The zero-order valence-electron chi connectivity index (χ0n) is 32.0. The van der Waals surface area contributed by atoms with Crippen LogP contribution in [0.3, 0.4) is 0 Å². The van der Waals surface area contributed by atoms with E-state index in [-0.39, 0.29) is 22.7 Å². The Hall–Kier alpha value is -6.30. The molecule has 4 heterocycles. The van der Waals surface area contributed by atoms with Crippen LogP contribution in [0.15, 0.2) is 95.0 Å². The van der Waals surface area contributed by atoms with Crippen molar-refractivity contribution in [1.29, 1.82) is 0 Å². The van der Waals surface area contributed by atoms with Crippen LogP contribution in [0.1, 0.15) is 92.1 Å². The van der Waals surface area contributed by atoms with Gasteiger partial charge in [-0.25, -0.2) is 0 Å². The highest BCUT2D eigenvalue weighted by molar-refractivity contribution is 6.01. The molecule has 0 saturated heterocycles. The predicted octanol–water partition coefficient (Wildman–Crippen LogP) is 5.93. The van der Waals surface area contributed by atoms with Crippen molar-refractivity contribution in [2.24, 2.45) is 23.7 Å². The second-order valence-corrected chi connectivity index (χ2v) is 15.2. The van der Waals surface area contributed by atoms with Gasteiger partial charge in [0.25, 0.3) is 22.9 Å². The second kappa shape index (κ2) is 15.8. The highest BCUT2D eigenvalue weighted by atomic mass is 16.2. The summed E-state index contributed by atoms with van der Waals surface area (Å²) in [6, 6.07) is 18.4. The molecule has 288 valence electrons. The molecule has 4 N–H and O–H groups in total. The fourth-order valence-corrected chi connectivity index (χ4v) is 7.43. The summed E-state index contributed by atoms with van der Waals surface area (Å²) in [6.45, 7) is 4.84. The number of H-pyrrole nitrogens is 2. The van der Waals surface area contributed by atoms with Crippen molar-refractivity contribution in [3.63, 3.8) is 0 Å². The van der Waals surface area contributed by atoms with Crippen LogP contribution in [0.5, 0.6) is 0 Å². The van der Waals surface area contributed by atoms with E-state index >= 15 is 0 Å². The number of hydrogen-bond acceptors (Lipinski definition) is 6. The quantitative estimate of drug-likeness (QED) is 0.113. The summed E-state index contributed by atoms with van der Waals surface area (Å²) in [5, 5.41) is 7.02. The predicted molar refractivity (Wildman–Crippen MR) is 215 cm³/mol. The third kappa shape index (κ3) is 8.05. The number of aromatic amines is 2. The number of carbonyl (C=O) groups excluding carboxylic acids is 4. The zero-order valence-corrected chi connectivity index (χ0v) is 32.0. The zero-order chi connectivity index (χ0) is 39.7. The van der Waals surface area contributed by atoms with E-state index in [2.05, 4.69) is 34.4 Å². The van der Waals surface area contributed by atoms with Crippen molar-refractivity contribution < 1.29 is 19.2 Å². The Morgan fingerprint density at radius 3 is 1.39 bits per heavy atom. The van der Waals surface area contributed by atoms with Crippen LogP contribution < -0.4 is 21.8 Å². The summed E-state index contributed by atoms with van der Waals surface area (Å²) in [4.78, 5) is 82.0. The van der Waals surface area contributed by atoms with Gasteiger partial charge in [0, 0.05) is 84.7 Å². The molecule has 0 unspecified atom stereocenters. The molecule has 12 heteroatoms. The number of carbonyl (C=O) groups is 4. The van der Waals surface area contributed by atoms with Crippen LogP contribution in [-0.4, -0.2) is 56.6 Å². The monoisotopic (exact) mass is 754 g/mol. The molecule has 2 amide bonds. The number of aromatic nitrogens is 4. The Morgan fingerprint density at radius 1 is 0.643 bits per heavy atom. The lowest BCUT2D eigenvalue weighted by atomic mass is 10.0. The van der Waals surface area contributed by atoms with E-state index in [9.17, 15) is 28.8 Å². The second-order valence-electron chi connectivity index (χ2n) is 15.2. The number of amides is 2. The summed E-state index contributed by atoms with van der Waals surface area (Å²) in [6.07, 6.45) is 9.92. The van der Waals surface area contributed by atoms with Crippen LogP contribution in [0.4, 0.5) is 0 Å². The molecular weight excluding hydrogens is 709 g/mol. The molecular formula is C44H46N6O6. The summed E-state index contributed by atoms with van der Waals surface area (Å²) < 4.78 is 2.94. The first-order chi connectivity index (χ1) is 26.9. The van der Waals surface area contributed by atoms with Crippen molar-refractivity contribution >= 4 is 45.2 Å². The van der Waals surface area contributed by atoms with E-state index in [0.717, 1.165) is 45.8 Å². The van der Waals surface area contributed by atoms with Gasteiger partial charge in [-0.1, -0.05) is 38.1 Å². The van der Waals surface area contributed by atoms with Gasteiger partial charge in [0.2, 0.25) is 0 Å². The summed E-state index contributed by atoms with van der Waals surface area (Å²) >= 11 is 0. The number of benzene rings is 2. The maximum atomic E-state index is 12.9. The van der Waals surface area contributed by atoms with Gasteiger partial charge in [-0.2, -0.15) is 0 Å². The normalized spacial score (nSPS) is 18.2. The molecule has 0 radical (unpaired) electrons. The molecule has 0 bridgehead atoms. The van der Waals surface area contributed by atoms with Crippen LogP contribution >= 0.6 is 0 Å². The molecule has 12 nitrogen and oxygen atoms in total. The van der Waals surface area contributed by atoms with E-state index in [1.165, 1.54) is 35.4 Å². The standard InChI is InChI=1S/2C22H23N3O3/c2*1-13-8-15(13)10-20(26)16-9-18(21(27)23-2)22(28)25(12-16)11-14-4-3-5-19-17(14)6-7-24-19/h2*3-7,9,12-13,15,24H,8,10-11H2,1-2H3,(H,23,27)/t2*13-,15+/m10/s1. The molecule has 0 aliphatic heterocycles. The number of pyridine rings is 2. The highest BCUT2D eigenvalue weighted by Crippen LogP contribution is 2.42. The lowest BCUT2D eigenvalue weighted by Crippen LogP contribution is -2.32. The van der Waals surface area contributed by atoms with Crippen LogP contribution in [-0.2, 0) is 13.1 Å². The number of nitrogens with zero attached hydrogens (tertiary/aromatic N) is 2. The molecule has 4 aromatic heterocycles. The number of fused-ring (bicyclic) bond motifs is 2. The average molecular weight is 755 g/mol. The van der Waals surface area contributed by atoms with Crippen molar-refractivity contribution in [1.82, 2.24) is 29.7 Å². The molecule has 56 heavy (non-hydrogen) atoms. The molecule has 2 saturated carbocycles. The first kappa shape index (κ1) is 38.0. The first-order valence-corrected chi connectivity index (χ1v) is 19.0. The lowest BCUT2D eigenvalue weighted by molar-refractivity contribution is 0.0948. The van der Waals surface area contributed by atoms with Gasteiger partial charge in [0.1, 0.15) is 11.1 Å². The van der Waals surface area contributed by atoms with Gasteiger partial charge in [-0.3, -0.25) is 28.8 Å². The Kier molecular flexibility index (Phi) is 10.7. The van der Waals surface area contributed by atoms with E-state index in [1.807, 2.05) is 60.9 Å². The van der Waals surface area contributed by atoms with Gasteiger partial charge in [-0.05, 0) is 84.0 Å². The van der Waals surface area contributed by atoms with Crippen molar-refractivity contribution in [2.75, 3.05) is 14.1 Å².